The van der Waals surface area contributed by atoms with Crippen molar-refractivity contribution in [2.75, 3.05) is 32.8 Å². The summed E-state index contributed by atoms with van der Waals surface area (Å²) in [6.45, 7) is 8.64. The van der Waals surface area contributed by atoms with Crippen LogP contribution in [0.3, 0.4) is 0 Å². The first-order valence-corrected chi connectivity index (χ1v) is 16.3. The van der Waals surface area contributed by atoms with Gasteiger partial charge in [-0.15, -0.1) is 0 Å². The third-order valence-corrected chi connectivity index (χ3v) is 8.13. The molecular formula is C33H48N2O17. The van der Waals surface area contributed by atoms with Crippen molar-refractivity contribution >= 4 is 41.7 Å². The molecule has 2 aliphatic heterocycles. The van der Waals surface area contributed by atoms with Crippen LogP contribution in [0.1, 0.15) is 71.6 Å². The Morgan fingerprint density at radius 3 is 1.46 bits per heavy atom. The molecule has 19 heteroatoms. The minimum absolute atomic E-state index is 0.157. The number of likely N-dealkylation sites (tertiary alicyclic amines) is 2. The minimum Gasteiger partial charge on any atom is -0.494 e. The van der Waals surface area contributed by atoms with Crippen LogP contribution in [-0.4, -0.2) is 149 Å². The number of amides is 1. The van der Waals surface area contributed by atoms with Gasteiger partial charge >= 0.3 is 35.8 Å². The zero-order chi connectivity index (χ0) is 39.6. The Morgan fingerprint density at radius 1 is 0.692 bits per heavy atom. The molecule has 1 atom stereocenters. The van der Waals surface area contributed by atoms with E-state index in [2.05, 4.69) is 11.8 Å². The van der Waals surface area contributed by atoms with Gasteiger partial charge in [0.1, 0.15) is 17.6 Å². The molecule has 0 radical (unpaired) electrons. The van der Waals surface area contributed by atoms with Gasteiger partial charge in [-0.25, -0.2) is 9.59 Å². The zero-order valence-corrected chi connectivity index (χ0v) is 29.0. The molecular weight excluding hydrogens is 696 g/mol. The van der Waals surface area contributed by atoms with Gasteiger partial charge in [0.15, 0.2) is 11.2 Å². The lowest BCUT2D eigenvalue weighted by molar-refractivity contribution is -0.170. The lowest BCUT2D eigenvalue weighted by atomic mass is 9.96. The fourth-order valence-electron chi connectivity index (χ4n) is 5.31. The summed E-state index contributed by atoms with van der Waals surface area (Å²) < 4.78 is 11.9. The summed E-state index contributed by atoms with van der Waals surface area (Å²) in [7, 11) is 0. The minimum atomic E-state index is -2.74. The number of hydrogen-bond acceptors (Lipinski definition) is 12. The van der Waals surface area contributed by atoms with Gasteiger partial charge in [0.2, 0.25) is 5.91 Å². The van der Waals surface area contributed by atoms with Crippen molar-refractivity contribution < 1.29 is 83.9 Å². The van der Waals surface area contributed by atoms with E-state index in [1.54, 1.807) is 6.92 Å². The number of hydrogen-bond donors (Lipinski definition) is 8. The van der Waals surface area contributed by atoms with Crippen LogP contribution in [0.4, 0.5) is 0 Å². The molecule has 0 saturated carbocycles. The molecule has 292 valence electrons. The van der Waals surface area contributed by atoms with Crippen LogP contribution in [0.5, 0.6) is 11.5 Å². The van der Waals surface area contributed by atoms with E-state index in [9.17, 15) is 33.6 Å². The smallest absolute Gasteiger partial charge is 0.336 e. The first-order valence-electron chi connectivity index (χ1n) is 16.3. The summed E-state index contributed by atoms with van der Waals surface area (Å²) in [5.41, 5.74) is -5.48. The zero-order valence-electron chi connectivity index (χ0n) is 29.0. The van der Waals surface area contributed by atoms with E-state index in [1.165, 1.54) is 19.4 Å². The van der Waals surface area contributed by atoms with E-state index < -0.39 is 72.7 Å². The molecule has 0 aliphatic carbocycles. The number of aliphatic carboxylic acids is 6. The third kappa shape index (κ3) is 16.8. The van der Waals surface area contributed by atoms with Crippen molar-refractivity contribution in [2.24, 2.45) is 0 Å². The molecule has 2 saturated heterocycles. The number of carbonyl (C=O) groups excluding carboxylic acids is 1. The molecule has 1 amide bonds. The molecule has 0 aromatic heterocycles. The molecule has 8 N–H and O–H groups in total. The number of carbonyl (C=O) groups is 7. The number of benzene rings is 1. The van der Waals surface area contributed by atoms with Crippen molar-refractivity contribution in [1.82, 2.24) is 9.80 Å². The van der Waals surface area contributed by atoms with Crippen LogP contribution in [0, 0.1) is 0 Å². The quantitative estimate of drug-likeness (QED) is 0.102. The predicted molar refractivity (Wildman–Crippen MR) is 177 cm³/mol. The molecule has 2 heterocycles. The molecule has 0 unspecified atom stereocenters. The van der Waals surface area contributed by atoms with Gasteiger partial charge in [-0.2, -0.15) is 0 Å². The van der Waals surface area contributed by atoms with E-state index in [4.69, 9.17) is 50.3 Å². The van der Waals surface area contributed by atoms with Crippen LogP contribution in [0.2, 0.25) is 0 Å². The molecule has 2 fully saturated rings. The Morgan fingerprint density at radius 2 is 1.12 bits per heavy atom. The van der Waals surface area contributed by atoms with Crippen molar-refractivity contribution in [1.29, 1.82) is 0 Å². The maximum Gasteiger partial charge on any atom is 0.336 e. The fraction of sp³-hybridized carbons (Fsp3) is 0.606. The summed E-state index contributed by atoms with van der Waals surface area (Å²) in [6, 6.07) is 8.66. The maximum atomic E-state index is 11.4. The highest BCUT2D eigenvalue weighted by Gasteiger charge is 2.41. The van der Waals surface area contributed by atoms with Gasteiger partial charge in [0.25, 0.3) is 0 Å². The standard InChI is InChI=1S/C21H32N2O3.2C6H8O7/c1-17-5-3-12-22(17)13-4-16-25-19-6-8-20(9-7-19)26-21-10-14-23(15-11-21)18(2)24;2*7-3(8)1-6(13,5(11)12)2-4(9)10/h6-9,17,21H,3-5,10-16H2,1-2H3;2*13H,1-2H2,(H,7,8)(H,9,10)(H,11,12)/t17-;;/m1../s1. The van der Waals surface area contributed by atoms with Gasteiger partial charge < -0.3 is 60.1 Å². The van der Waals surface area contributed by atoms with Gasteiger partial charge in [-0.3, -0.25) is 24.0 Å². The number of carboxylic acid groups (broad SMARTS) is 6. The summed E-state index contributed by atoms with van der Waals surface area (Å²) in [5.74, 6) is -8.10. The molecule has 52 heavy (non-hydrogen) atoms. The summed E-state index contributed by atoms with van der Waals surface area (Å²) in [4.78, 5) is 76.8. The lowest BCUT2D eigenvalue weighted by Gasteiger charge is -2.31. The number of nitrogens with zero attached hydrogens (tertiary/aromatic N) is 2. The molecule has 1 aromatic rings. The van der Waals surface area contributed by atoms with Crippen LogP contribution in [-0.2, 0) is 33.6 Å². The van der Waals surface area contributed by atoms with Gasteiger partial charge in [-0.1, -0.05) is 0 Å². The Hall–Kier alpha value is -5.01. The highest BCUT2D eigenvalue weighted by Crippen LogP contribution is 2.23. The molecule has 0 bridgehead atoms. The summed E-state index contributed by atoms with van der Waals surface area (Å²) in [6.07, 6.45) is 1.14. The van der Waals surface area contributed by atoms with Crippen LogP contribution >= 0.6 is 0 Å². The second-order valence-corrected chi connectivity index (χ2v) is 12.5. The van der Waals surface area contributed by atoms with Gasteiger partial charge in [0.05, 0.1) is 32.3 Å². The Labute approximate surface area is 299 Å². The topological polar surface area (TPSA) is 306 Å². The number of piperidine rings is 1. The highest BCUT2D eigenvalue weighted by atomic mass is 16.5. The summed E-state index contributed by atoms with van der Waals surface area (Å²) >= 11 is 0. The average molecular weight is 745 g/mol. The van der Waals surface area contributed by atoms with Crippen molar-refractivity contribution in [3.8, 4) is 11.5 Å². The lowest BCUT2D eigenvalue weighted by Crippen LogP contribution is -2.42. The normalized spacial score (nSPS) is 16.3. The molecule has 0 spiro atoms. The van der Waals surface area contributed by atoms with Gasteiger partial charge in [0, 0.05) is 45.4 Å². The highest BCUT2D eigenvalue weighted by molar-refractivity contribution is 5.88. The number of ether oxygens (including phenoxy) is 2. The number of aliphatic hydroxyl groups is 2. The summed E-state index contributed by atoms with van der Waals surface area (Å²) in [5, 5.41) is 67.6. The third-order valence-electron chi connectivity index (χ3n) is 8.13. The van der Waals surface area contributed by atoms with E-state index in [0.717, 1.165) is 63.0 Å². The van der Waals surface area contributed by atoms with E-state index >= 15 is 0 Å². The van der Waals surface area contributed by atoms with Crippen LogP contribution < -0.4 is 9.47 Å². The first-order chi connectivity index (χ1) is 24.2. The number of carboxylic acids is 6. The second-order valence-electron chi connectivity index (χ2n) is 12.5. The molecule has 19 nitrogen and oxygen atoms in total. The van der Waals surface area contributed by atoms with Crippen molar-refractivity contribution in [3.63, 3.8) is 0 Å². The maximum absolute atomic E-state index is 11.4. The number of rotatable bonds is 17. The monoisotopic (exact) mass is 744 g/mol. The SMILES string of the molecule is CC(=O)N1CCC(Oc2ccc(OCCCN3CCC[C@H]3C)cc2)CC1.O=C(O)CC(O)(CC(=O)O)C(=O)O.O=C(O)CC(O)(CC(=O)O)C(=O)O. The van der Waals surface area contributed by atoms with Crippen molar-refractivity contribution in [2.45, 2.75) is 95.0 Å². The van der Waals surface area contributed by atoms with Crippen molar-refractivity contribution in [3.05, 3.63) is 24.3 Å². The van der Waals surface area contributed by atoms with Crippen LogP contribution in [0.15, 0.2) is 24.3 Å². The molecule has 3 rings (SSSR count). The Bertz CT molecular complexity index is 1290. The second kappa shape index (κ2) is 21.4. The van der Waals surface area contributed by atoms with Crippen LogP contribution in [0.25, 0.3) is 0 Å². The van der Waals surface area contributed by atoms with E-state index in [0.29, 0.717) is 0 Å². The predicted octanol–water partition coefficient (Wildman–Crippen LogP) is 0.833. The first kappa shape index (κ1) is 45.0. The van der Waals surface area contributed by atoms with E-state index in [-0.39, 0.29) is 12.0 Å². The molecule has 2 aliphatic rings. The van der Waals surface area contributed by atoms with E-state index in [1.807, 2.05) is 29.2 Å². The largest absolute Gasteiger partial charge is 0.494 e. The van der Waals surface area contributed by atoms with Gasteiger partial charge in [-0.05, 0) is 57.0 Å². The Kier molecular flexibility index (Phi) is 18.5. The Balaban J connectivity index is 0.000000440. The fourth-order valence-corrected chi connectivity index (χ4v) is 5.31. The average Bonchev–Trinajstić information content (AvgIpc) is 3.43. The molecule has 1 aromatic carbocycles.